The number of ether oxygens (including phenoxy) is 1. The number of carboxylic acids is 1. The summed E-state index contributed by atoms with van der Waals surface area (Å²) in [4.78, 5) is 23.3. The second kappa shape index (κ2) is 4.45. The summed E-state index contributed by atoms with van der Waals surface area (Å²) in [6.07, 6.45) is 0. The number of aliphatic carboxylic acids is 1. The van der Waals surface area contributed by atoms with E-state index in [1.54, 1.807) is 0 Å². The van der Waals surface area contributed by atoms with Gasteiger partial charge in [-0.1, -0.05) is 5.11 Å². The van der Waals surface area contributed by atoms with E-state index in [-0.39, 0.29) is 12.5 Å². The molecule has 1 heterocycles. The van der Waals surface area contributed by atoms with Crippen molar-refractivity contribution in [2.75, 3.05) is 13.2 Å². The number of hydrogen-bond acceptors (Lipinski definition) is 4. The Morgan fingerprint density at radius 3 is 3.00 bits per heavy atom. The van der Waals surface area contributed by atoms with Crippen molar-refractivity contribution in [1.29, 1.82) is 0 Å². The highest BCUT2D eigenvalue weighted by Gasteiger charge is 2.38. The van der Waals surface area contributed by atoms with Crippen LogP contribution in [0.25, 0.3) is 10.4 Å². The summed E-state index contributed by atoms with van der Waals surface area (Å²) in [6, 6.07) is -1.20. The normalized spacial score (nSPS) is 24.4. The maximum absolute atomic E-state index is 10.8. The molecule has 8 heteroatoms. The number of amides is 1. The van der Waals surface area contributed by atoms with Crippen molar-refractivity contribution in [2.45, 2.75) is 12.1 Å². The molecule has 0 aromatic rings. The average Bonchev–Trinajstić information content (AvgIpc) is 2.12. The fourth-order valence-electron chi connectivity index (χ4n) is 1.03. The quantitative estimate of drug-likeness (QED) is 0.262. The number of azide groups is 1. The van der Waals surface area contributed by atoms with Crippen molar-refractivity contribution in [3.05, 3.63) is 10.4 Å². The zero-order chi connectivity index (χ0) is 10.6. The fraction of sp³-hybridized carbons (Fsp3) is 0.667. The SMILES string of the molecule is [N-]=[N+]=N[C@H]1C(=O)N[C@H]1COCC(=O)O. The van der Waals surface area contributed by atoms with Gasteiger partial charge in [-0.2, -0.15) is 0 Å². The van der Waals surface area contributed by atoms with Crippen molar-refractivity contribution >= 4 is 11.9 Å². The van der Waals surface area contributed by atoms with Crippen LogP contribution in [-0.2, 0) is 14.3 Å². The van der Waals surface area contributed by atoms with Crippen LogP contribution in [-0.4, -0.2) is 42.3 Å². The summed E-state index contributed by atoms with van der Waals surface area (Å²) >= 11 is 0. The van der Waals surface area contributed by atoms with Crippen molar-refractivity contribution in [3.8, 4) is 0 Å². The van der Waals surface area contributed by atoms with Crippen LogP contribution in [0.4, 0.5) is 0 Å². The molecule has 0 aromatic heterocycles. The number of carboxylic acid groups (broad SMARTS) is 1. The smallest absolute Gasteiger partial charge is 0.329 e. The van der Waals surface area contributed by atoms with E-state index < -0.39 is 24.7 Å². The summed E-state index contributed by atoms with van der Waals surface area (Å²) in [5.41, 5.74) is 8.09. The summed E-state index contributed by atoms with van der Waals surface area (Å²) in [6.45, 7) is -0.406. The molecule has 1 saturated heterocycles. The highest BCUT2D eigenvalue weighted by atomic mass is 16.5. The van der Waals surface area contributed by atoms with E-state index in [0.717, 1.165) is 0 Å². The van der Waals surface area contributed by atoms with Crippen LogP contribution >= 0.6 is 0 Å². The van der Waals surface area contributed by atoms with Crippen molar-refractivity contribution < 1.29 is 19.4 Å². The van der Waals surface area contributed by atoms with E-state index in [2.05, 4.69) is 15.3 Å². The second-order valence-corrected chi connectivity index (χ2v) is 2.67. The van der Waals surface area contributed by atoms with E-state index in [9.17, 15) is 9.59 Å². The first-order chi connectivity index (χ1) is 6.65. The van der Waals surface area contributed by atoms with Crippen LogP contribution in [0.3, 0.4) is 0 Å². The van der Waals surface area contributed by atoms with Gasteiger partial charge in [0.2, 0.25) is 5.91 Å². The third-order valence-electron chi connectivity index (χ3n) is 1.68. The molecular weight excluding hydrogens is 192 g/mol. The molecule has 0 saturated carbocycles. The van der Waals surface area contributed by atoms with E-state index in [4.69, 9.17) is 15.4 Å². The molecule has 1 amide bonds. The average molecular weight is 200 g/mol. The topological polar surface area (TPSA) is 124 Å². The molecule has 0 unspecified atom stereocenters. The lowest BCUT2D eigenvalue weighted by Gasteiger charge is -2.32. The first kappa shape index (κ1) is 10.3. The highest BCUT2D eigenvalue weighted by molar-refractivity contribution is 5.89. The Morgan fingerprint density at radius 1 is 1.79 bits per heavy atom. The molecule has 2 N–H and O–H groups in total. The Kier molecular flexibility index (Phi) is 3.27. The first-order valence-corrected chi connectivity index (χ1v) is 3.79. The number of β-lactam (4-membered cyclic amide) rings is 1. The van der Waals surface area contributed by atoms with E-state index in [1.807, 2.05) is 0 Å². The first-order valence-electron chi connectivity index (χ1n) is 3.79. The van der Waals surface area contributed by atoms with Gasteiger partial charge in [-0.3, -0.25) is 4.79 Å². The van der Waals surface area contributed by atoms with Gasteiger partial charge in [-0.15, -0.1) is 0 Å². The molecule has 0 bridgehead atoms. The third-order valence-corrected chi connectivity index (χ3v) is 1.68. The maximum Gasteiger partial charge on any atom is 0.329 e. The lowest BCUT2D eigenvalue weighted by atomic mass is 10.0. The molecule has 0 aliphatic carbocycles. The van der Waals surface area contributed by atoms with Gasteiger partial charge in [0, 0.05) is 4.91 Å². The van der Waals surface area contributed by atoms with Crippen LogP contribution < -0.4 is 5.32 Å². The minimum absolute atomic E-state index is 0.0295. The van der Waals surface area contributed by atoms with Gasteiger partial charge in [0.1, 0.15) is 12.6 Å². The van der Waals surface area contributed by atoms with Gasteiger partial charge < -0.3 is 15.2 Å². The molecule has 0 aromatic carbocycles. The predicted octanol–water partition coefficient (Wildman–Crippen LogP) is -0.735. The monoisotopic (exact) mass is 200 g/mol. The Hall–Kier alpha value is -1.79. The number of carbonyl (C=O) groups excluding carboxylic acids is 1. The molecular formula is C6H8N4O4. The van der Waals surface area contributed by atoms with Crippen molar-refractivity contribution in [1.82, 2.24) is 5.32 Å². The molecule has 1 rings (SSSR count). The third kappa shape index (κ3) is 2.35. The predicted molar refractivity (Wildman–Crippen MR) is 43.3 cm³/mol. The molecule has 0 spiro atoms. The lowest BCUT2D eigenvalue weighted by molar-refractivity contribution is -0.143. The van der Waals surface area contributed by atoms with Gasteiger partial charge in [0.25, 0.3) is 0 Å². The summed E-state index contributed by atoms with van der Waals surface area (Å²) < 4.78 is 4.73. The number of nitrogens with zero attached hydrogens (tertiary/aromatic N) is 3. The summed E-state index contributed by atoms with van der Waals surface area (Å²) in [5, 5.41) is 13.9. The molecule has 2 atom stereocenters. The molecule has 76 valence electrons. The minimum atomic E-state index is -1.09. The van der Waals surface area contributed by atoms with E-state index >= 15 is 0 Å². The van der Waals surface area contributed by atoms with Crippen LogP contribution in [0.15, 0.2) is 5.11 Å². The van der Waals surface area contributed by atoms with Gasteiger partial charge in [-0.05, 0) is 5.53 Å². The molecule has 1 fully saturated rings. The van der Waals surface area contributed by atoms with Gasteiger partial charge in [-0.25, -0.2) is 4.79 Å². The maximum atomic E-state index is 10.8. The van der Waals surface area contributed by atoms with Crippen LogP contribution in [0.1, 0.15) is 0 Å². The molecule has 14 heavy (non-hydrogen) atoms. The summed E-state index contributed by atoms with van der Waals surface area (Å²) in [5.74, 6) is -1.46. The number of carbonyl (C=O) groups is 2. The standard InChI is InChI=1S/C6H8N4O4/c7-10-9-5-3(8-6(5)13)1-14-2-4(11)12/h3,5H,1-2H2,(H,8,13)(H,11,12)/t3-,5+/m0/s1. The van der Waals surface area contributed by atoms with Gasteiger partial charge in [0.15, 0.2) is 0 Å². The lowest BCUT2D eigenvalue weighted by Crippen LogP contribution is -2.63. The largest absolute Gasteiger partial charge is 0.480 e. The molecule has 1 aliphatic heterocycles. The van der Waals surface area contributed by atoms with Crippen LogP contribution in [0.5, 0.6) is 0 Å². The van der Waals surface area contributed by atoms with Crippen LogP contribution in [0.2, 0.25) is 0 Å². The minimum Gasteiger partial charge on any atom is -0.480 e. The number of rotatable bonds is 5. The van der Waals surface area contributed by atoms with Gasteiger partial charge in [0.05, 0.1) is 12.6 Å². The number of hydrogen-bond donors (Lipinski definition) is 2. The fourth-order valence-corrected chi connectivity index (χ4v) is 1.03. The van der Waals surface area contributed by atoms with Gasteiger partial charge >= 0.3 is 5.97 Å². The summed E-state index contributed by atoms with van der Waals surface area (Å²) in [7, 11) is 0. The highest BCUT2D eigenvalue weighted by Crippen LogP contribution is 2.11. The Labute approximate surface area is 78.5 Å². The Morgan fingerprint density at radius 2 is 2.50 bits per heavy atom. The zero-order valence-electron chi connectivity index (χ0n) is 7.08. The number of nitrogens with one attached hydrogen (secondary N) is 1. The molecule has 0 radical (unpaired) electrons. The molecule has 1 aliphatic rings. The van der Waals surface area contributed by atoms with E-state index in [1.165, 1.54) is 0 Å². The zero-order valence-corrected chi connectivity index (χ0v) is 7.08. The second-order valence-electron chi connectivity index (χ2n) is 2.67. The van der Waals surface area contributed by atoms with Crippen molar-refractivity contribution in [3.63, 3.8) is 0 Å². The van der Waals surface area contributed by atoms with E-state index in [0.29, 0.717) is 0 Å². The Bertz CT molecular complexity index is 296. The Balaban J connectivity index is 2.29. The molecule has 8 nitrogen and oxygen atoms in total. The van der Waals surface area contributed by atoms with Crippen LogP contribution in [0, 0.1) is 0 Å². The van der Waals surface area contributed by atoms with Crippen molar-refractivity contribution in [2.24, 2.45) is 5.11 Å².